The van der Waals surface area contributed by atoms with E-state index in [2.05, 4.69) is 10.3 Å². The summed E-state index contributed by atoms with van der Waals surface area (Å²) in [5.74, 6) is 0.0952. The molecule has 1 rings (SSSR count). The number of hydrogen-bond acceptors (Lipinski definition) is 3. The van der Waals surface area contributed by atoms with Gasteiger partial charge in [0.2, 0.25) is 0 Å². The third kappa shape index (κ3) is 1.68. The van der Waals surface area contributed by atoms with Gasteiger partial charge < -0.3 is 10.9 Å². The Kier molecular flexibility index (Phi) is 2.54. The summed E-state index contributed by atoms with van der Waals surface area (Å²) in [6.45, 7) is 2.05. The van der Waals surface area contributed by atoms with Crippen LogP contribution >= 0.6 is 11.6 Å². The van der Waals surface area contributed by atoms with Gasteiger partial charge in [0.25, 0.3) is 0 Å². The Labute approximate surface area is 74.4 Å². The van der Waals surface area contributed by atoms with Gasteiger partial charge in [-0.3, -0.25) is 4.68 Å². The lowest BCUT2D eigenvalue weighted by atomic mass is 10.4. The highest BCUT2D eigenvalue weighted by molar-refractivity contribution is 6.31. The smallest absolute Gasteiger partial charge is 0.160 e. The van der Waals surface area contributed by atoms with Crippen LogP contribution in [0.5, 0.6) is 0 Å². The topological polar surface area (TPSA) is 76.4 Å². The normalized spacial score (nSPS) is 12.0. The molecule has 66 valence electrons. The van der Waals surface area contributed by atoms with Crippen molar-refractivity contribution in [3.63, 3.8) is 0 Å². The molecule has 3 N–H and O–H groups in total. The summed E-state index contributed by atoms with van der Waals surface area (Å²) in [6.07, 6.45) is 1.52. The fourth-order valence-corrected chi connectivity index (χ4v) is 0.909. The van der Waals surface area contributed by atoms with E-state index in [1.807, 2.05) is 0 Å². The average molecular weight is 189 g/mol. The minimum atomic E-state index is 0.0952. The van der Waals surface area contributed by atoms with Gasteiger partial charge in [-0.25, -0.2) is 0 Å². The minimum absolute atomic E-state index is 0.0952. The van der Waals surface area contributed by atoms with Crippen LogP contribution < -0.4 is 5.73 Å². The van der Waals surface area contributed by atoms with Crippen LogP contribution in [0.4, 0.5) is 0 Å². The van der Waals surface area contributed by atoms with Gasteiger partial charge in [0.1, 0.15) is 6.54 Å². The van der Waals surface area contributed by atoms with Crippen LogP contribution in [0.15, 0.2) is 11.4 Å². The number of aromatic nitrogens is 2. The molecule has 0 aliphatic rings. The summed E-state index contributed by atoms with van der Waals surface area (Å²) in [5.41, 5.74) is 6.07. The summed E-state index contributed by atoms with van der Waals surface area (Å²) in [4.78, 5) is 0. The van der Waals surface area contributed by atoms with Crippen molar-refractivity contribution in [2.75, 3.05) is 0 Å². The SMILES string of the molecule is Cc1c(Cl)cnn1CC(N)=NO. The first-order chi connectivity index (χ1) is 5.65. The Morgan fingerprint density at radius 1 is 1.92 bits per heavy atom. The highest BCUT2D eigenvalue weighted by Crippen LogP contribution is 2.12. The lowest BCUT2D eigenvalue weighted by Crippen LogP contribution is -2.20. The molecule has 0 saturated heterocycles. The zero-order valence-electron chi connectivity index (χ0n) is 6.53. The van der Waals surface area contributed by atoms with Crippen molar-refractivity contribution in [2.24, 2.45) is 10.9 Å². The van der Waals surface area contributed by atoms with Gasteiger partial charge in [-0.2, -0.15) is 5.10 Å². The molecule has 12 heavy (non-hydrogen) atoms. The first kappa shape index (κ1) is 8.86. The molecule has 0 atom stereocenters. The summed E-state index contributed by atoms with van der Waals surface area (Å²) >= 11 is 5.73. The molecule has 0 aromatic carbocycles. The van der Waals surface area contributed by atoms with Crippen LogP contribution in [0.1, 0.15) is 5.69 Å². The molecule has 0 unspecified atom stereocenters. The lowest BCUT2D eigenvalue weighted by Gasteiger charge is -2.01. The summed E-state index contributed by atoms with van der Waals surface area (Å²) < 4.78 is 1.55. The zero-order chi connectivity index (χ0) is 9.14. The van der Waals surface area contributed by atoms with Gasteiger partial charge in [0.15, 0.2) is 5.84 Å². The molecule has 5 nitrogen and oxygen atoms in total. The fraction of sp³-hybridized carbons (Fsp3) is 0.333. The van der Waals surface area contributed by atoms with Crippen LogP contribution in [0.3, 0.4) is 0 Å². The molecule has 0 amide bonds. The van der Waals surface area contributed by atoms with Crippen molar-refractivity contribution in [3.8, 4) is 0 Å². The van der Waals surface area contributed by atoms with Gasteiger partial charge in [0, 0.05) is 0 Å². The van der Waals surface area contributed by atoms with E-state index in [1.54, 1.807) is 11.6 Å². The van der Waals surface area contributed by atoms with E-state index in [4.69, 9.17) is 22.5 Å². The molecule has 0 radical (unpaired) electrons. The molecule has 1 aromatic heterocycles. The summed E-state index contributed by atoms with van der Waals surface area (Å²) in [7, 11) is 0. The Morgan fingerprint density at radius 3 is 3.00 bits per heavy atom. The number of halogens is 1. The highest BCUT2D eigenvalue weighted by Gasteiger charge is 2.04. The number of oxime groups is 1. The maximum atomic E-state index is 8.28. The molecule has 0 saturated carbocycles. The van der Waals surface area contributed by atoms with Gasteiger partial charge in [0.05, 0.1) is 16.9 Å². The van der Waals surface area contributed by atoms with Crippen LogP contribution in [0.25, 0.3) is 0 Å². The Balaban J connectivity index is 2.83. The first-order valence-electron chi connectivity index (χ1n) is 3.29. The van der Waals surface area contributed by atoms with E-state index in [0.717, 1.165) is 5.69 Å². The molecular weight excluding hydrogens is 180 g/mol. The molecule has 0 aliphatic heterocycles. The zero-order valence-corrected chi connectivity index (χ0v) is 7.28. The maximum Gasteiger partial charge on any atom is 0.160 e. The Morgan fingerprint density at radius 2 is 2.58 bits per heavy atom. The van der Waals surface area contributed by atoms with Crippen molar-refractivity contribution in [2.45, 2.75) is 13.5 Å². The van der Waals surface area contributed by atoms with E-state index < -0.39 is 0 Å². The average Bonchev–Trinajstić information content (AvgIpc) is 2.36. The van der Waals surface area contributed by atoms with E-state index in [1.165, 1.54) is 6.20 Å². The predicted molar refractivity (Wildman–Crippen MR) is 45.4 cm³/mol. The van der Waals surface area contributed by atoms with Gasteiger partial charge in [-0.15, -0.1) is 0 Å². The van der Waals surface area contributed by atoms with E-state index in [0.29, 0.717) is 5.02 Å². The number of rotatable bonds is 2. The third-order valence-corrected chi connectivity index (χ3v) is 1.85. The summed E-state index contributed by atoms with van der Waals surface area (Å²) in [6, 6.07) is 0. The number of hydrogen-bond donors (Lipinski definition) is 2. The standard InChI is InChI=1S/C6H9ClN4O/c1-4-5(7)2-9-11(4)3-6(8)10-12/h2,12H,3H2,1H3,(H2,8,10). The van der Waals surface area contributed by atoms with Crippen LogP contribution in [-0.4, -0.2) is 20.8 Å². The quantitative estimate of drug-likeness (QED) is 0.309. The molecule has 1 aromatic rings. The lowest BCUT2D eigenvalue weighted by molar-refractivity contribution is 0.316. The fourth-order valence-electron chi connectivity index (χ4n) is 0.768. The summed E-state index contributed by atoms with van der Waals surface area (Å²) in [5, 5.41) is 15.6. The van der Waals surface area contributed by atoms with Crippen molar-refractivity contribution in [1.82, 2.24) is 9.78 Å². The van der Waals surface area contributed by atoms with Gasteiger partial charge >= 0.3 is 0 Å². The maximum absolute atomic E-state index is 8.28. The monoisotopic (exact) mass is 188 g/mol. The van der Waals surface area contributed by atoms with E-state index in [-0.39, 0.29) is 12.4 Å². The molecule has 0 spiro atoms. The van der Waals surface area contributed by atoms with Gasteiger partial charge in [-0.1, -0.05) is 16.8 Å². The second-order valence-corrected chi connectivity index (χ2v) is 2.73. The highest BCUT2D eigenvalue weighted by atomic mass is 35.5. The first-order valence-corrected chi connectivity index (χ1v) is 3.67. The second-order valence-electron chi connectivity index (χ2n) is 2.33. The largest absolute Gasteiger partial charge is 0.409 e. The second kappa shape index (κ2) is 3.44. The van der Waals surface area contributed by atoms with Crippen LogP contribution in [-0.2, 0) is 6.54 Å². The van der Waals surface area contributed by atoms with Crippen molar-refractivity contribution in [3.05, 3.63) is 16.9 Å². The molecule has 6 heteroatoms. The van der Waals surface area contributed by atoms with Gasteiger partial charge in [-0.05, 0) is 6.92 Å². The predicted octanol–water partition coefficient (Wildman–Crippen LogP) is 0.591. The Hall–Kier alpha value is -1.23. The molecule has 0 fully saturated rings. The van der Waals surface area contributed by atoms with Crippen LogP contribution in [0.2, 0.25) is 5.02 Å². The molecule has 0 bridgehead atoms. The van der Waals surface area contributed by atoms with Crippen molar-refractivity contribution >= 4 is 17.4 Å². The Bertz CT molecular complexity index is 306. The van der Waals surface area contributed by atoms with Crippen LogP contribution in [0, 0.1) is 6.92 Å². The van der Waals surface area contributed by atoms with Crippen molar-refractivity contribution < 1.29 is 5.21 Å². The van der Waals surface area contributed by atoms with Crippen molar-refractivity contribution in [1.29, 1.82) is 0 Å². The third-order valence-electron chi connectivity index (χ3n) is 1.48. The number of nitrogens with zero attached hydrogens (tertiary/aromatic N) is 3. The minimum Gasteiger partial charge on any atom is -0.409 e. The van der Waals surface area contributed by atoms with E-state index >= 15 is 0 Å². The molecule has 1 heterocycles. The van der Waals surface area contributed by atoms with E-state index in [9.17, 15) is 0 Å². The number of nitrogens with two attached hydrogens (primary N) is 1. The molecule has 0 aliphatic carbocycles. The number of amidine groups is 1. The molecular formula is C6H9ClN4O.